The summed E-state index contributed by atoms with van der Waals surface area (Å²) in [5, 5.41) is 0. The third-order valence-corrected chi connectivity index (χ3v) is 2.25. The first-order chi connectivity index (χ1) is 5.65. The summed E-state index contributed by atoms with van der Waals surface area (Å²) in [4.78, 5) is 13.1. The average molecular weight is 230 g/mol. The Morgan fingerprint density at radius 3 is 2.83 bits per heavy atom. The van der Waals surface area contributed by atoms with Crippen LogP contribution in [-0.4, -0.2) is 6.08 Å². The first-order valence-electron chi connectivity index (χ1n) is 3.18. The molecule has 2 nitrogen and oxygen atoms in total. The van der Waals surface area contributed by atoms with Crippen LogP contribution in [-0.2, 0) is 4.79 Å². The van der Waals surface area contributed by atoms with E-state index >= 15 is 0 Å². The number of hydrogen-bond donors (Lipinski definition) is 0. The fourth-order valence-electron chi connectivity index (χ4n) is 0.777. The Balaban J connectivity index is 3.32. The summed E-state index contributed by atoms with van der Waals surface area (Å²) in [6.45, 7) is 1.79. The van der Waals surface area contributed by atoms with E-state index in [0.717, 1.165) is 5.56 Å². The highest BCUT2D eigenvalue weighted by Crippen LogP contribution is 2.25. The molecule has 1 rings (SSSR count). The molecule has 0 fully saturated rings. The number of isocyanates is 1. The molecule has 4 heteroatoms. The van der Waals surface area contributed by atoms with Gasteiger partial charge in [-0.2, -0.15) is 4.99 Å². The molecular formula is C8H5BrFNO. The van der Waals surface area contributed by atoms with Gasteiger partial charge < -0.3 is 0 Å². The van der Waals surface area contributed by atoms with E-state index in [2.05, 4.69) is 20.9 Å². The van der Waals surface area contributed by atoms with E-state index in [0.29, 0.717) is 4.47 Å². The highest BCUT2D eigenvalue weighted by Gasteiger charge is 2.03. The summed E-state index contributed by atoms with van der Waals surface area (Å²) < 4.78 is 13.6. The van der Waals surface area contributed by atoms with Crippen LogP contribution in [0.15, 0.2) is 21.6 Å². The summed E-state index contributed by atoms with van der Waals surface area (Å²) in [6.07, 6.45) is 1.29. The quantitative estimate of drug-likeness (QED) is 0.538. The average Bonchev–Trinajstić information content (AvgIpc) is 2.01. The van der Waals surface area contributed by atoms with Gasteiger partial charge in [-0.1, -0.05) is 15.9 Å². The topological polar surface area (TPSA) is 29.4 Å². The van der Waals surface area contributed by atoms with Gasteiger partial charge in [0.1, 0.15) is 5.69 Å². The molecule has 0 radical (unpaired) electrons. The van der Waals surface area contributed by atoms with Crippen LogP contribution < -0.4 is 0 Å². The van der Waals surface area contributed by atoms with Crippen LogP contribution in [0.2, 0.25) is 0 Å². The first-order valence-corrected chi connectivity index (χ1v) is 3.98. The second kappa shape index (κ2) is 3.61. The van der Waals surface area contributed by atoms with Gasteiger partial charge in [-0.15, -0.1) is 0 Å². The monoisotopic (exact) mass is 229 g/mol. The molecule has 0 aliphatic rings. The van der Waals surface area contributed by atoms with E-state index < -0.39 is 5.82 Å². The van der Waals surface area contributed by atoms with Gasteiger partial charge in [-0.05, 0) is 24.6 Å². The zero-order valence-corrected chi connectivity index (χ0v) is 7.85. The number of hydrogen-bond acceptors (Lipinski definition) is 2. The second-order valence-corrected chi connectivity index (χ2v) is 3.11. The van der Waals surface area contributed by atoms with Gasteiger partial charge in [0, 0.05) is 4.47 Å². The zero-order valence-electron chi connectivity index (χ0n) is 6.27. The van der Waals surface area contributed by atoms with Crippen LogP contribution in [0.4, 0.5) is 10.1 Å². The number of rotatable bonds is 1. The molecule has 0 N–H and O–H groups in total. The van der Waals surface area contributed by atoms with E-state index in [9.17, 15) is 9.18 Å². The van der Waals surface area contributed by atoms with Gasteiger partial charge in [0.2, 0.25) is 6.08 Å². The summed E-state index contributed by atoms with van der Waals surface area (Å²) in [5.74, 6) is -0.532. The molecule has 0 unspecified atom stereocenters. The highest BCUT2D eigenvalue weighted by molar-refractivity contribution is 9.10. The second-order valence-electron chi connectivity index (χ2n) is 2.26. The fraction of sp³-hybridized carbons (Fsp3) is 0.125. The molecule has 0 aliphatic carbocycles. The Hall–Kier alpha value is -0.990. The molecule has 0 atom stereocenters. The molecule has 0 saturated heterocycles. The molecule has 0 spiro atoms. The first kappa shape index (κ1) is 9.10. The lowest BCUT2D eigenvalue weighted by atomic mass is 10.2. The Morgan fingerprint density at radius 1 is 1.58 bits per heavy atom. The normalized spacial score (nSPS) is 9.25. The molecular weight excluding hydrogens is 225 g/mol. The van der Waals surface area contributed by atoms with Crippen molar-refractivity contribution in [1.29, 1.82) is 0 Å². The van der Waals surface area contributed by atoms with E-state index in [4.69, 9.17) is 0 Å². The number of benzene rings is 1. The molecule has 0 amide bonds. The van der Waals surface area contributed by atoms with Crippen molar-refractivity contribution in [2.45, 2.75) is 6.92 Å². The molecule has 1 aromatic rings. The largest absolute Gasteiger partial charge is 0.240 e. The predicted molar refractivity (Wildman–Crippen MR) is 46.6 cm³/mol. The van der Waals surface area contributed by atoms with Crippen molar-refractivity contribution in [2.75, 3.05) is 0 Å². The third-order valence-electron chi connectivity index (χ3n) is 1.39. The number of carbonyl (C=O) groups excluding carboxylic acids is 1. The molecule has 62 valence electrons. The maximum absolute atomic E-state index is 12.9. The summed E-state index contributed by atoms with van der Waals surface area (Å²) in [6, 6.07) is 2.75. The van der Waals surface area contributed by atoms with Crippen LogP contribution in [0, 0.1) is 12.7 Å². The van der Waals surface area contributed by atoms with E-state index in [1.165, 1.54) is 18.2 Å². The molecule has 0 saturated carbocycles. The maximum atomic E-state index is 12.9. The van der Waals surface area contributed by atoms with Crippen molar-refractivity contribution in [3.8, 4) is 0 Å². The third kappa shape index (κ3) is 1.78. The van der Waals surface area contributed by atoms with E-state index in [1.54, 1.807) is 6.92 Å². The van der Waals surface area contributed by atoms with Crippen LogP contribution in [0.5, 0.6) is 0 Å². The van der Waals surface area contributed by atoms with Gasteiger partial charge in [0.25, 0.3) is 0 Å². The molecule has 0 aromatic heterocycles. The minimum atomic E-state index is -0.532. The fourth-order valence-corrected chi connectivity index (χ4v) is 1.09. The maximum Gasteiger partial charge on any atom is 0.240 e. The molecule has 0 bridgehead atoms. The Bertz CT molecular complexity index is 358. The minimum Gasteiger partial charge on any atom is -0.211 e. The Kier molecular flexibility index (Phi) is 2.74. The van der Waals surface area contributed by atoms with Gasteiger partial charge in [-0.3, -0.25) is 0 Å². The predicted octanol–water partition coefficient (Wildman–Crippen LogP) is 2.86. The van der Waals surface area contributed by atoms with Crippen molar-refractivity contribution in [3.05, 3.63) is 28.0 Å². The molecule has 0 aliphatic heterocycles. The lowest BCUT2D eigenvalue weighted by Gasteiger charge is -1.99. The Morgan fingerprint density at radius 2 is 2.25 bits per heavy atom. The molecule has 1 aromatic carbocycles. The van der Waals surface area contributed by atoms with Crippen molar-refractivity contribution in [2.24, 2.45) is 4.99 Å². The highest BCUT2D eigenvalue weighted by atomic mass is 79.9. The SMILES string of the molecule is Cc1cc(N=C=O)c(F)cc1Br. The van der Waals surface area contributed by atoms with Gasteiger partial charge in [0.05, 0.1) is 0 Å². The van der Waals surface area contributed by atoms with E-state index in [1.807, 2.05) is 0 Å². The summed E-state index contributed by atoms with van der Waals surface area (Å²) in [5.41, 5.74) is 0.844. The molecule has 12 heavy (non-hydrogen) atoms. The van der Waals surface area contributed by atoms with Crippen LogP contribution in [0.1, 0.15) is 5.56 Å². The summed E-state index contributed by atoms with van der Waals surface area (Å²) >= 11 is 3.15. The standard InChI is InChI=1S/C8H5BrFNO/c1-5-2-8(11-4-12)7(10)3-6(5)9/h2-3H,1H3. The van der Waals surface area contributed by atoms with Crippen molar-refractivity contribution in [1.82, 2.24) is 0 Å². The van der Waals surface area contributed by atoms with Crippen LogP contribution >= 0.6 is 15.9 Å². The van der Waals surface area contributed by atoms with Crippen molar-refractivity contribution < 1.29 is 9.18 Å². The number of aryl methyl sites for hydroxylation is 1. The number of aliphatic imine (C=N–C) groups is 1. The number of halogens is 2. The molecule has 0 heterocycles. The zero-order chi connectivity index (χ0) is 9.14. The van der Waals surface area contributed by atoms with Crippen LogP contribution in [0.3, 0.4) is 0 Å². The Labute approximate surface area is 77.3 Å². The van der Waals surface area contributed by atoms with E-state index in [-0.39, 0.29) is 5.69 Å². The van der Waals surface area contributed by atoms with Gasteiger partial charge >= 0.3 is 0 Å². The van der Waals surface area contributed by atoms with Gasteiger partial charge in [-0.25, -0.2) is 9.18 Å². The minimum absolute atomic E-state index is 0.0192. The smallest absolute Gasteiger partial charge is 0.211 e. The number of nitrogens with zero attached hydrogens (tertiary/aromatic N) is 1. The van der Waals surface area contributed by atoms with Gasteiger partial charge in [0.15, 0.2) is 5.82 Å². The lowest BCUT2D eigenvalue weighted by molar-refractivity contribution is 0.564. The van der Waals surface area contributed by atoms with Crippen LogP contribution in [0.25, 0.3) is 0 Å². The van der Waals surface area contributed by atoms with Crippen molar-refractivity contribution >= 4 is 27.7 Å². The lowest BCUT2D eigenvalue weighted by Crippen LogP contribution is -1.80. The van der Waals surface area contributed by atoms with Crippen molar-refractivity contribution in [3.63, 3.8) is 0 Å². The summed E-state index contributed by atoms with van der Waals surface area (Å²) in [7, 11) is 0.